The number of aldehydes is 1. The van der Waals surface area contributed by atoms with Crippen LogP contribution < -0.4 is 10.5 Å². The molecule has 0 aliphatic rings. The number of ether oxygens (including phenoxy) is 1. The van der Waals surface area contributed by atoms with Crippen LogP contribution in [-0.2, 0) is 4.79 Å². The summed E-state index contributed by atoms with van der Waals surface area (Å²) in [4.78, 5) is 21.3. The second-order valence-electron chi connectivity index (χ2n) is 3.14. The predicted octanol–water partition coefficient (Wildman–Crippen LogP) is 0.440. The molecule has 3 N–H and O–H groups in total. The van der Waals surface area contributed by atoms with Crippen molar-refractivity contribution in [1.82, 2.24) is 0 Å². The Hall–Kier alpha value is -2.48. The molecule has 0 saturated heterocycles. The molecule has 0 fully saturated rings. The van der Waals surface area contributed by atoms with E-state index in [1.54, 1.807) is 0 Å². The molecule has 0 aromatic heterocycles. The minimum atomic E-state index is -0.576. The molecule has 0 aliphatic heterocycles. The van der Waals surface area contributed by atoms with E-state index in [4.69, 9.17) is 10.5 Å². The Morgan fingerprint density at radius 2 is 2.29 bits per heavy atom. The molecule has 1 amide bonds. The summed E-state index contributed by atoms with van der Waals surface area (Å²) in [7, 11) is 1.39. The van der Waals surface area contributed by atoms with Crippen LogP contribution in [0.3, 0.4) is 0 Å². The normalized spacial score (nSPS) is 9.00. The molecular weight excluding hydrogens is 222 g/mol. The van der Waals surface area contributed by atoms with Crippen LogP contribution in [0.5, 0.6) is 11.5 Å². The number of carbonyl (C=O) groups excluding carboxylic acids is 2. The topological polar surface area (TPSA) is 89.6 Å². The summed E-state index contributed by atoms with van der Waals surface area (Å²) in [5.41, 5.74) is 5.27. The molecule has 0 atom stereocenters. The van der Waals surface area contributed by atoms with Crippen LogP contribution >= 0.6 is 0 Å². The Bertz CT molecular complexity index is 511. The summed E-state index contributed by atoms with van der Waals surface area (Å²) in [6, 6.07) is 2.93. The van der Waals surface area contributed by atoms with E-state index < -0.39 is 5.91 Å². The minimum absolute atomic E-state index is 0.126. The number of aromatic hydroxyl groups is 1. The summed E-state index contributed by atoms with van der Waals surface area (Å²) in [5.74, 6) is 4.40. The van der Waals surface area contributed by atoms with E-state index in [1.165, 1.54) is 19.2 Å². The number of nitrogens with two attached hydrogens (primary N) is 1. The highest BCUT2D eigenvalue weighted by Crippen LogP contribution is 2.30. The van der Waals surface area contributed by atoms with Gasteiger partial charge in [0.25, 0.3) is 0 Å². The second-order valence-corrected chi connectivity index (χ2v) is 3.14. The van der Waals surface area contributed by atoms with E-state index in [-0.39, 0.29) is 29.0 Å². The maximum absolute atomic E-state index is 10.8. The molecule has 5 heteroatoms. The highest BCUT2D eigenvalue weighted by atomic mass is 16.5. The Kier molecular flexibility index (Phi) is 4.12. The Balaban J connectivity index is 3.21. The van der Waals surface area contributed by atoms with E-state index in [2.05, 4.69) is 11.8 Å². The first-order valence-corrected chi connectivity index (χ1v) is 4.72. The quantitative estimate of drug-likeness (QED) is 0.585. The van der Waals surface area contributed by atoms with Gasteiger partial charge in [0, 0.05) is 5.56 Å². The summed E-state index contributed by atoms with van der Waals surface area (Å²) >= 11 is 0. The van der Waals surface area contributed by atoms with Crippen LogP contribution in [0.25, 0.3) is 0 Å². The second kappa shape index (κ2) is 5.56. The third-order valence-corrected chi connectivity index (χ3v) is 2.00. The third kappa shape index (κ3) is 2.98. The van der Waals surface area contributed by atoms with Gasteiger partial charge in [0.15, 0.2) is 17.8 Å². The van der Waals surface area contributed by atoms with Gasteiger partial charge in [0.2, 0.25) is 5.91 Å². The molecule has 5 nitrogen and oxygen atoms in total. The summed E-state index contributed by atoms with van der Waals surface area (Å²) in [5, 5.41) is 9.76. The number of hydrogen-bond donors (Lipinski definition) is 2. The molecule has 1 aromatic rings. The van der Waals surface area contributed by atoms with Crippen LogP contribution in [0.2, 0.25) is 0 Å². The number of phenols is 1. The monoisotopic (exact) mass is 233 g/mol. The highest BCUT2D eigenvalue weighted by Gasteiger charge is 2.10. The van der Waals surface area contributed by atoms with E-state index in [9.17, 15) is 14.7 Å². The zero-order valence-electron chi connectivity index (χ0n) is 9.19. The number of benzene rings is 1. The van der Waals surface area contributed by atoms with Gasteiger partial charge in [0.05, 0.1) is 19.1 Å². The average molecular weight is 233 g/mol. The average Bonchev–Trinajstić information content (AvgIpc) is 2.30. The van der Waals surface area contributed by atoms with Crippen molar-refractivity contribution < 1.29 is 19.4 Å². The number of primary amides is 1. The molecule has 88 valence electrons. The van der Waals surface area contributed by atoms with Gasteiger partial charge in [-0.15, -0.1) is 0 Å². The smallest absolute Gasteiger partial charge is 0.229 e. The molecule has 0 saturated carbocycles. The lowest BCUT2D eigenvalue weighted by Gasteiger charge is -2.06. The molecule has 0 radical (unpaired) electrons. The SMILES string of the molecule is COc1ccc(C=O)c(C#CCC(N)=O)c1O. The molecule has 0 spiro atoms. The van der Waals surface area contributed by atoms with Crippen molar-refractivity contribution in [3.05, 3.63) is 23.3 Å². The summed E-state index contributed by atoms with van der Waals surface area (Å²) in [6.45, 7) is 0. The first-order chi connectivity index (χ1) is 8.10. The Labute approximate surface area is 98.2 Å². The van der Waals surface area contributed by atoms with Gasteiger partial charge in [0.1, 0.15) is 0 Å². The number of rotatable bonds is 3. The first-order valence-electron chi connectivity index (χ1n) is 4.72. The standard InChI is InChI=1S/C12H11NO4/c1-17-10-6-5-8(7-14)9(12(10)16)3-2-4-11(13)15/h5-7,16H,4H2,1H3,(H2,13,15). The van der Waals surface area contributed by atoms with Crippen LogP contribution in [0, 0.1) is 11.8 Å². The molecule has 0 heterocycles. The van der Waals surface area contributed by atoms with Gasteiger partial charge >= 0.3 is 0 Å². The van der Waals surface area contributed by atoms with Gasteiger partial charge < -0.3 is 15.6 Å². The van der Waals surface area contributed by atoms with E-state index in [1.807, 2.05) is 0 Å². The fourth-order valence-corrected chi connectivity index (χ4v) is 1.20. The summed E-state index contributed by atoms with van der Waals surface area (Å²) in [6.07, 6.45) is 0.419. The zero-order valence-corrected chi connectivity index (χ0v) is 9.19. The largest absolute Gasteiger partial charge is 0.503 e. The van der Waals surface area contributed by atoms with Gasteiger partial charge in [-0.05, 0) is 12.1 Å². The van der Waals surface area contributed by atoms with Crippen molar-refractivity contribution in [3.63, 3.8) is 0 Å². The molecule has 17 heavy (non-hydrogen) atoms. The van der Waals surface area contributed by atoms with Gasteiger partial charge in [-0.1, -0.05) is 11.8 Å². The third-order valence-electron chi connectivity index (χ3n) is 2.00. The van der Waals surface area contributed by atoms with Crippen molar-refractivity contribution in [1.29, 1.82) is 0 Å². The number of carbonyl (C=O) groups is 2. The first kappa shape index (κ1) is 12.6. The predicted molar refractivity (Wildman–Crippen MR) is 60.7 cm³/mol. The lowest BCUT2D eigenvalue weighted by Crippen LogP contribution is -2.08. The Morgan fingerprint density at radius 1 is 1.59 bits per heavy atom. The van der Waals surface area contributed by atoms with Crippen LogP contribution in [-0.4, -0.2) is 24.4 Å². The van der Waals surface area contributed by atoms with E-state index in [0.717, 1.165) is 0 Å². The number of hydrogen-bond acceptors (Lipinski definition) is 4. The van der Waals surface area contributed by atoms with Crippen molar-refractivity contribution in [3.8, 4) is 23.3 Å². The fourth-order valence-electron chi connectivity index (χ4n) is 1.20. The molecule has 0 aliphatic carbocycles. The maximum Gasteiger partial charge on any atom is 0.229 e. The lowest BCUT2D eigenvalue weighted by atomic mass is 10.1. The molecule has 0 bridgehead atoms. The van der Waals surface area contributed by atoms with Gasteiger partial charge in [-0.2, -0.15) is 0 Å². The maximum atomic E-state index is 10.8. The minimum Gasteiger partial charge on any atom is -0.503 e. The number of methoxy groups -OCH3 is 1. The van der Waals surface area contributed by atoms with Crippen LogP contribution in [0.4, 0.5) is 0 Å². The molecule has 0 unspecified atom stereocenters. The lowest BCUT2D eigenvalue weighted by molar-refractivity contribution is -0.117. The number of phenolic OH excluding ortho intramolecular Hbond substituents is 1. The van der Waals surface area contributed by atoms with Crippen LogP contribution in [0.15, 0.2) is 12.1 Å². The highest BCUT2D eigenvalue weighted by molar-refractivity contribution is 5.83. The molecular formula is C12H11NO4. The van der Waals surface area contributed by atoms with Crippen molar-refractivity contribution in [2.75, 3.05) is 7.11 Å². The van der Waals surface area contributed by atoms with Crippen molar-refractivity contribution in [2.24, 2.45) is 5.73 Å². The molecule has 1 aromatic carbocycles. The summed E-state index contributed by atoms with van der Waals surface area (Å²) < 4.78 is 4.89. The van der Waals surface area contributed by atoms with E-state index >= 15 is 0 Å². The van der Waals surface area contributed by atoms with Crippen molar-refractivity contribution >= 4 is 12.2 Å². The van der Waals surface area contributed by atoms with E-state index in [0.29, 0.717) is 6.29 Å². The van der Waals surface area contributed by atoms with Crippen molar-refractivity contribution in [2.45, 2.75) is 6.42 Å². The molecule has 1 rings (SSSR count). The number of amides is 1. The Morgan fingerprint density at radius 3 is 2.82 bits per heavy atom. The van der Waals surface area contributed by atoms with Crippen LogP contribution in [0.1, 0.15) is 22.3 Å². The zero-order chi connectivity index (χ0) is 12.8. The van der Waals surface area contributed by atoms with Gasteiger partial charge in [-0.25, -0.2) is 0 Å². The van der Waals surface area contributed by atoms with Gasteiger partial charge in [-0.3, -0.25) is 9.59 Å². The fraction of sp³-hybridized carbons (Fsp3) is 0.167.